The Balaban J connectivity index is 1.31. The van der Waals surface area contributed by atoms with E-state index in [1.54, 1.807) is 7.11 Å². The average molecular weight is 403 g/mol. The zero-order valence-corrected chi connectivity index (χ0v) is 17.6. The third-order valence-electron chi connectivity index (χ3n) is 5.81. The number of rotatable bonds is 8. The van der Waals surface area contributed by atoms with E-state index in [4.69, 9.17) is 4.74 Å². The molecule has 0 unspecified atom stereocenters. The molecule has 2 fully saturated rings. The van der Waals surface area contributed by atoms with Gasteiger partial charge in [0.25, 0.3) is 0 Å². The molecule has 7 nitrogen and oxygen atoms in total. The van der Waals surface area contributed by atoms with Gasteiger partial charge in [-0.1, -0.05) is 18.2 Å². The summed E-state index contributed by atoms with van der Waals surface area (Å²) in [6.07, 6.45) is 4.25. The first-order chi connectivity index (χ1) is 14.2. The number of carbonyl (C=O) groups is 2. The molecule has 2 aliphatic heterocycles. The molecule has 2 heterocycles. The average Bonchev–Trinajstić information content (AvgIpc) is 2.76. The summed E-state index contributed by atoms with van der Waals surface area (Å²) in [7, 11) is 1.66. The van der Waals surface area contributed by atoms with Gasteiger partial charge >= 0.3 is 0 Å². The van der Waals surface area contributed by atoms with Gasteiger partial charge in [-0.2, -0.15) is 0 Å². The number of piperidine rings is 1. The molecule has 29 heavy (non-hydrogen) atoms. The quantitative estimate of drug-likeness (QED) is 0.702. The molecular formula is C22H34N4O3. The fraction of sp³-hybridized carbons (Fsp3) is 0.636. The second kappa shape index (κ2) is 11.2. The lowest BCUT2D eigenvalue weighted by Gasteiger charge is -2.35. The number of para-hydroxylation sites is 1. The monoisotopic (exact) mass is 402 g/mol. The zero-order chi connectivity index (χ0) is 20.5. The predicted molar refractivity (Wildman–Crippen MR) is 113 cm³/mol. The summed E-state index contributed by atoms with van der Waals surface area (Å²) in [5.74, 6) is 1.17. The molecule has 3 rings (SSSR count). The molecule has 0 radical (unpaired) electrons. The van der Waals surface area contributed by atoms with E-state index in [2.05, 4.69) is 15.1 Å². The van der Waals surface area contributed by atoms with E-state index in [1.807, 2.05) is 29.2 Å². The number of nitrogens with zero attached hydrogens (tertiary/aromatic N) is 3. The van der Waals surface area contributed by atoms with Gasteiger partial charge < -0.3 is 15.0 Å². The predicted octanol–water partition coefficient (Wildman–Crippen LogP) is 0.984. The highest BCUT2D eigenvalue weighted by molar-refractivity contribution is 5.78. The molecule has 0 spiro atoms. The van der Waals surface area contributed by atoms with Gasteiger partial charge in [-0.3, -0.25) is 19.4 Å². The molecular weight excluding hydrogens is 368 g/mol. The van der Waals surface area contributed by atoms with Crippen molar-refractivity contribution in [3.05, 3.63) is 29.8 Å². The van der Waals surface area contributed by atoms with Crippen LogP contribution < -0.4 is 10.1 Å². The van der Waals surface area contributed by atoms with Crippen molar-refractivity contribution in [3.8, 4) is 5.75 Å². The molecule has 2 saturated heterocycles. The third kappa shape index (κ3) is 6.72. The third-order valence-corrected chi connectivity index (χ3v) is 5.81. The first kappa shape index (κ1) is 21.6. The maximum Gasteiger partial charge on any atom is 0.236 e. The summed E-state index contributed by atoms with van der Waals surface area (Å²) in [5, 5.41) is 3.01. The number of amides is 2. The van der Waals surface area contributed by atoms with Crippen LogP contribution in [0.25, 0.3) is 0 Å². The van der Waals surface area contributed by atoms with E-state index >= 15 is 0 Å². The summed E-state index contributed by atoms with van der Waals surface area (Å²) in [4.78, 5) is 31.1. The van der Waals surface area contributed by atoms with Gasteiger partial charge in [-0.15, -0.1) is 0 Å². The molecule has 1 aromatic carbocycles. The smallest absolute Gasteiger partial charge is 0.236 e. The molecule has 2 amide bonds. The van der Waals surface area contributed by atoms with Crippen LogP contribution in [0.15, 0.2) is 24.3 Å². The van der Waals surface area contributed by atoms with Crippen LogP contribution >= 0.6 is 0 Å². The minimum Gasteiger partial charge on any atom is -0.496 e. The van der Waals surface area contributed by atoms with E-state index in [0.717, 1.165) is 69.8 Å². The molecule has 0 saturated carbocycles. The number of ether oxygens (including phenoxy) is 1. The molecule has 7 heteroatoms. The van der Waals surface area contributed by atoms with Gasteiger partial charge in [0, 0.05) is 45.8 Å². The Morgan fingerprint density at radius 2 is 1.59 bits per heavy atom. The van der Waals surface area contributed by atoms with Gasteiger partial charge in [0.15, 0.2) is 0 Å². The highest BCUT2D eigenvalue weighted by atomic mass is 16.5. The Morgan fingerprint density at radius 3 is 2.28 bits per heavy atom. The number of likely N-dealkylation sites (tertiary alicyclic amines) is 1. The van der Waals surface area contributed by atoms with E-state index < -0.39 is 0 Å². The van der Waals surface area contributed by atoms with Gasteiger partial charge in [-0.05, 0) is 37.3 Å². The summed E-state index contributed by atoms with van der Waals surface area (Å²) < 4.78 is 5.35. The Morgan fingerprint density at radius 1 is 0.931 bits per heavy atom. The maximum atomic E-state index is 12.4. The largest absolute Gasteiger partial charge is 0.496 e. The SMILES string of the molecule is COc1ccccc1CCNC(=O)CN1CCN(CC(=O)N2CCCCC2)CC1. The summed E-state index contributed by atoms with van der Waals surface area (Å²) in [5.41, 5.74) is 1.10. The fourth-order valence-corrected chi connectivity index (χ4v) is 4.05. The first-order valence-corrected chi connectivity index (χ1v) is 10.8. The number of carbonyl (C=O) groups excluding carboxylic acids is 2. The van der Waals surface area contributed by atoms with E-state index in [9.17, 15) is 9.59 Å². The Bertz CT molecular complexity index is 668. The standard InChI is InChI=1S/C22H34N4O3/c1-29-20-8-4-3-7-19(20)9-10-23-21(27)17-24-13-15-25(16-14-24)18-22(28)26-11-5-2-6-12-26/h3-4,7-8H,2,5-6,9-18H2,1H3,(H,23,27). The van der Waals surface area contributed by atoms with Crippen LogP contribution in [0.1, 0.15) is 24.8 Å². The number of methoxy groups -OCH3 is 1. The first-order valence-electron chi connectivity index (χ1n) is 10.8. The highest BCUT2D eigenvalue weighted by Crippen LogP contribution is 2.17. The summed E-state index contributed by atoms with van der Waals surface area (Å²) in [6.45, 7) is 6.69. The molecule has 160 valence electrons. The van der Waals surface area contributed by atoms with Crippen LogP contribution in [0.3, 0.4) is 0 Å². The lowest BCUT2D eigenvalue weighted by atomic mass is 10.1. The molecule has 0 aliphatic carbocycles. The Hall–Kier alpha value is -2.12. The van der Waals surface area contributed by atoms with Gasteiger partial charge in [0.2, 0.25) is 11.8 Å². The second-order valence-corrected chi connectivity index (χ2v) is 7.91. The Kier molecular flexibility index (Phi) is 8.31. The van der Waals surface area contributed by atoms with Crippen molar-refractivity contribution < 1.29 is 14.3 Å². The topological polar surface area (TPSA) is 65.1 Å². The van der Waals surface area contributed by atoms with Crippen LogP contribution in [0.4, 0.5) is 0 Å². The van der Waals surface area contributed by atoms with Crippen molar-refractivity contribution in [2.75, 3.05) is 66.0 Å². The summed E-state index contributed by atoms with van der Waals surface area (Å²) >= 11 is 0. The van der Waals surface area contributed by atoms with Gasteiger partial charge in [-0.25, -0.2) is 0 Å². The molecule has 0 aromatic heterocycles. The van der Waals surface area contributed by atoms with E-state index in [-0.39, 0.29) is 11.8 Å². The van der Waals surface area contributed by atoms with E-state index in [1.165, 1.54) is 6.42 Å². The number of nitrogens with one attached hydrogen (secondary N) is 1. The normalized spacial score (nSPS) is 18.4. The molecule has 1 N–H and O–H groups in total. The molecule has 0 bridgehead atoms. The van der Waals surface area contributed by atoms with Gasteiger partial charge in [0.1, 0.15) is 5.75 Å². The lowest BCUT2D eigenvalue weighted by Crippen LogP contribution is -2.52. The number of benzene rings is 1. The van der Waals surface area contributed by atoms with Crippen molar-refractivity contribution in [2.24, 2.45) is 0 Å². The summed E-state index contributed by atoms with van der Waals surface area (Å²) in [6, 6.07) is 7.89. The zero-order valence-electron chi connectivity index (χ0n) is 17.6. The van der Waals surface area contributed by atoms with Crippen LogP contribution in [-0.2, 0) is 16.0 Å². The van der Waals surface area contributed by atoms with E-state index in [0.29, 0.717) is 19.6 Å². The molecule has 1 aromatic rings. The van der Waals surface area contributed by atoms with Crippen LogP contribution in [0.2, 0.25) is 0 Å². The van der Waals surface area contributed by atoms with Crippen molar-refractivity contribution in [1.29, 1.82) is 0 Å². The second-order valence-electron chi connectivity index (χ2n) is 7.91. The minimum absolute atomic E-state index is 0.0535. The number of hydrogen-bond donors (Lipinski definition) is 1. The van der Waals surface area contributed by atoms with Crippen molar-refractivity contribution in [1.82, 2.24) is 20.0 Å². The highest BCUT2D eigenvalue weighted by Gasteiger charge is 2.23. The lowest BCUT2D eigenvalue weighted by molar-refractivity contribution is -0.134. The number of hydrogen-bond acceptors (Lipinski definition) is 5. The van der Waals surface area contributed by atoms with Crippen LogP contribution in [0.5, 0.6) is 5.75 Å². The number of piperazine rings is 1. The van der Waals surface area contributed by atoms with Crippen molar-refractivity contribution in [2.45, 2.75) is 25.7 Å². The van der Waals surface area contributed by atoms with Crippen molar-refractivity contribution in [3.63, 3.8) is 0 Å². The molecule has 2 aliphatic rings. The molecule has 0 atom stereocenters. The minimum atomic E-state index is 0.0535. The van der Waals surface area contributed by atoms with Crippen molar-refractivity contribution >= 4 is 11.8 Å². The van der Waals surface area contributed by atoms with Crippen LogP contribution in [0, 0.1) is 0 Å². The fourth-order valence-electron chi connectivity index (χ4n) is 4.05. The Labute approximate surface area is 174 Å². The van der Waals surface area contributed by atoms with Crippen LogP contribution in [-0.4, -0.2) is 92.5 Å². The van der Waals surface area contributed by atoms with Gasteiger partial charge in [0.05, 0.1) is 20.2 Å². The maximum absolute atomic E-state index is 12.4.